The standard InChI is InChI=1S/C31H46N2O/c1-20(32(4)5)24-13-14-25-22-12-11-21-19-31(27-10-8-7-9-23(27)28(34)33(31)6)18-17-29(21,2)26(22)15-16-30(24,25)3/h7-10,20-22,24-26H,11-19H2,1-6H3/t20-,21?,22?,24+,25?,26?,29-,30+,31?/m0/s1. The van der Waals surface area contributed by atoms with Crippen LogP contribution in [0.5, 0.6) is 0 Å². The molecule has 0 N–H and O–H groups in total. The number of hydrogen-bond donors (Lipinski definition) is 0. The number of carbonyl (C=O) groups is 1. The minimum Gasteiger partial charge on any atom is -0.332 e. The summed E-state index contributed by atoms with van der Waals surface area (Å²) in [7, 11) is 6.63. The second kappa shape index (κ2) is 7.58. The van der Waals surface area contributed by atoms with Gasteiger partial charge in [-0.3, -0.25) is 4.79 Å². The fourth-order valence-corrected chi connectivity index (χ4v) is 10.6. The lowest BCUT2D eigenvalue weighted by molar-refractivity contribution is -0.134. The average Bonchev–Trinajstić information content (AvgIpc) is 3.28. The molecule has 0 bridgehead atoms. The van der Waals surface area contributed by atoms with Crippen molar-refractivity contribution in [3.8, 4) is 0 Å². The van der Waals surface area contributed by atoms with E-state index in [0.717, 1.165) is 41.6 Å². The molecule has 4 aliphatic carbocycles. The maximum Gasteiger partial charge on any atom is 0.254 e. The second-order valence-corrected chi connectivity index (χ2v) is 13.7. The summed E-state index contributed by atoms with van der Waals surface area (Å²) in [4.78, 5) is 17.8. The minimum absolute atomic E-state index is 0.0620. The molecule has 4 saturated carbocycles. The van der Waals surface area contributed by atoms with Gasteiger partial charge in [-0.1, -0.05) is 32.0 Å². The summed E-state index contributed by atoms with van der Waals surface area (Å²) in [6, 6.07) is 9.17. The fraction of sp³-hybridized carbons (Fsp3) is 0.774. The predicted octanol–water partition coefficient (Wildman–Crippen LogP) is 6.58. The molecule has 4 fully saturated rings. The Bertz CT molecular complexity index is 987. The van der Waals surface area contributed by atoms with Gasteiger partial charge in [0, 0.05) is 18.7 Å². The van der Waals surface area contributed by atoms with Crippen LogP contribution < -0.4 is 0 Å². The van der Waals surface area contributed by atoms with Crippen molar-refractivity contribution in [1.29, 1.82) is 0 Å². The average molecular weight is 463 g/mol. The molecule has 3 heteroatoms. The number of carbonyl (C=O) groups excluding carboxylic acids is 1. The Balaban J connectivity index is 1.28. The Kier molecular flexibility index (Phi) is 5.14. The lowest BCUT2D eigenvalue weighted by Crippen LogP contribution is -2.57. The first-order valence-corrected chi connectivity index (χ1v) is 14.2. The molecular weight excluding hydrogens is 416 g/mol. The van der Waals surface area contributed by atoms with Gasteiger partial charge in [-0.2, -0.15) is 0 Å². The van der Waals surface area contributed by atoms with Crippen molar-refractivity contribution < 1.29 is 4.79 Å². The van der Waals surface area contributed by atoms with Crippen LogP contribution in [0.3, 0.4) is 0 Å². The second-order valence-electron chi connectivity index (χ2n) is 13.7. The summed E-state index contributed by atoms with van der Waals surface area (Å²) < 4.78 is 0. The molecule has 6 rings (SSSR count). The van der Waals surface area contributed by atoms with Crippen molar-refractivity contribution in [2.45, 2.75) is 90.1 Å². The van der Waals surface area contributed by atoms with Crippen LogP contribution in [0.4, 0.5) is 0 Å². The summed E-state index contributed by atoms with van der Waals surface area (Å²) >= 11 is 0. The van der Waals surface area contributed by atoms with Crippen LogP contribution >= 0.6 is 0 Å². The molecule has 1 amide bonds. The van der Waals surface area contributed by atoms with Gasteiger partial charge in [0.05, 0.1) is 5.54 Å². The van der Waals surface area contributed by atoms with Gasteiger partial charge in [0.15, 0.2) is 0 Å². The van der Waals surface area contributed by atoms with E-state index in [-0.39, 0.29) is 11.4 Å². The van der Waals surface area contributed by atoms with Crippen molar-refractivity contribution in [3.63, 3.8) is 0 Å². The molecule has 34 heavy (non-hydrogen) atoms. The molecule has 1 aromatic rings. The van der Waals surface area contributed by atoms with E-state index in [2.05, 4.69) is 69.9 Å². The van der Waals surface area contributed by atoms with Crippen molar-refractivity contribution in [1.82, 2.24) is 9.80 Å². The Morgan fingerprint density at radius 2 is 1.68 bits per heavy atom. The third-order valence-corrected chi connectivity index (χ3v) is 12.8. The highest BCUT2D eigenvalue weighted by atomic mass is 16.2. The van der Waals surface area contributed by atoms with Crippen LogP contribution in [0.2, 0.25) is 0 Å². The number of amides is 1. The zero-order chi connectivity index (χ0) is 24.0. The lowest BCUT2D eigenvalue weighted by Gasteiger charge is -2.63. The molecule has 1 spiro atoms. The molecule has 1 aromatic carbocycles. The molecule has 1 heterocycles. The molecule has 1 aliphatic heterocycles. The maximum atomic E-state index is 13.2. The van der Waals surface area contributed by atoms with Gasteiger partial charge in [-0.25, -0.2) is 0 Å². The maximum absolute atomic E-state index is 13.2. The molecule has 0 saturated heterocycles. The van der Waals surface area contributed by atoms with Crippen molar-refractivity contribution in [3.05, 3.63) is 35.4 Å². The minimum atomic E-state index is -0.0620. The van der Waals surface area contributed by atoms with Gasteiger partial charge in [-0.15, -0.1) is 0 Å². The molecule has 5 aliphatic rings. The Labute approximate surface area is 207 Å². The normalized spacial score (nSPS) is 46.3. The molecule has 9 atom stereocenters. The van der Waals surface area contributed by atoms with Crippen LogP contribution in [0.25, 0.3) is 0 Å². The van der Waals surface area contributed by atoms with Gasteiger partial charge >= 0.3 is 0 Å². The van der Waals surface area contributed by atoms with E-state index >= 15 is 0 Å². The number of benzene rings is 1. The Hall–Kier alpha value is -1.35. The van der Waals surface area contributed by atoms with Gasteiger partial charge in [-0.05, 0) is 131 Å². The molecule has 5 unspecified atom stereocenters. The topological polar surface area (TPSA) is 23.6 Å². The van der Waals surface area contributed by atoms with E-state index in [1.165, 1.54) is 56.9 Å². The lowest BCUT2D eigenvalue weighted by atomic mass is 9.43. The highest BCUT2D eigenvalue weighted by Gasteiger charge is 2.63. The fourth-order valence-electron chi connectivity index (χ4n) is 10.6. The first kappa shape index (κ1) is 23.1. The number of hydrogen-bond acceptors (Lipinski definition) is 2. The third-order valence-electron chi connectivity index (χ3n) is 12.8. The van der Waals surface area contributed by atoms with Gasteiger partial charge < -0.3 is 9.80 Å². The smallest absolute Gasteiger partial charge is 0.254 e. The third kappa shape index (κ3) is 2.83. The van der Waals surface area contributed by atoms with Crippen molar-refractivity contribution in [2.24, 2.45) is 40.4 Å². The van der Waals surface area contributed by atoms with Gasteiger partial charge in [0.2, 0.25) is 0 Å². The van der Waals surface area contributed by atoms with Gasteiger partial charge in [0.1, 0.15) is 0 Å². The number of nitrogens with zero attached hydrogens (tertiary/aromatic N) is 2. The summed E-state index contributed by atoms with van der Waals surface area (Å²) in [5.41, 5.74) is 3.19. The van der Waals surface area contributed by atoms with E-state index in [0.29, 0.717) is 16.9 Å². The van der Waals surface area contributed by atoms with Crippen molar-refractivity contribution in [2.75, 3.05) is 21.1 Å². The number of fused-ring (bicyclic) bond motifs is 7. The molecule has 186 valence electrons. The quantitative estimate of drug-likeness (QED) is 0.496. The highest BCUT2D eigenvalue weighted by molar-refractivity contribution is 5.99. The first-order valence-electron chi connectivity index (χ1n) is 14.2. The van der Waals surface area contributed by atoms with E-state index in [4.69, 9.17) is 0 Å². The SMILES string of the molecule is C[C@@H]([C@H]1CCC2C3CCC4CC5(CC[C@]4(C)C3CC[C@@]21C)c1ccccc1C(=O)N5C)N(C)C. The molecule has 0 radical (unpaired) electrons. The summed E-state index contributed by atoms with van der Waals surface area (Å²) in [6.45, 7) is 7.81. The predicted molar refractivity (Wildman–Crippen MR) is 139 cm³/mol. The van der Waals surface area contributed by atoms with Crippen LogP contribution in [0.15, 0.2) is 24.3 Å². The van der Waals surface area contributed by atoms with Crippen molar-refractivity contribution >= 4 is 5.91 Å². The van der Waals surface area contributed by atoms with E-state index < -0.39 is 0 Å². The van der Waals surface area contributed by atoms with Crippen LogP contribution in [0, 0.1) is 40.4 Å². The molecule has 0 aromatic heterocycles. The summed E-state index contributed by atoms with van der Waals surface area (Å²) in [5, 5.41) is 0. The first-order chi connectivity index (χ1) is 16.1. The van der Waals surface area contributed by atoms with Crippen LogP contribution in [0.1, 0.15) is 94.5 Å². The highest BCUT2D eigenvalue weighted by Crippen LogP contribution is 2.69. The Morgan fingerprint density at radius 1 is 0.941 bits per heavy atom. The van der Waals surface area contributed by atoms with Gasteiger partial charge in [0.25, 0.3) is 5.91 Å². The van der Waals surface area contributed by atoms with E-state index in [1.54, 1.807) is 0 Å². The summed E-state index contributed by atoms with van der Waals surface area (Å²) in [5.74, 6) is 4.56. The van der Waals surface area contributed by atoms with Crippen LogP contribution in [-0.2, 0) is 5.54 Å². The zero-order valence-electron chi connectivity index (χ0n) is 22.4. The van der Waals surface area contributed by atoms with E-state index in [1.807, 2.05) is 6.07 Å². The molecular formula is C31H46N2O. The summed E-state index contributed by atoms with van der Waals surface area (Å²) in [6.07, 6.45) is 12.1. The molecule has 3 nitrogen and oxygen atoms in total. The largest absolute Gasteiger partial charge is 0.332 e. The monoisotopic (exact) mass is 462 g/mol. The van der Waals surface area contributed by atoms with Crippen LogP contribution in [-0.4, -0.2) is 42.9 Å². The number of rotatable bonds is 2. The zero-order valence-corrected chi connectivity index (χ0v) is 22.4. The van der Waals surface area contributed by atoms with E-state index in [9.17, 15) is 4.79 Å². The Morgan fingerprint density at radius 3 is 2.44 bits per heavy atom.